The van der Waals surface area contributed by atoms with Crippen LogP contribution in [-0.2, 0) is 0 Å². The lowest BCUT2D eigenvalue weighted by molar-refractivity contribution is 0.0580. The molecule has 0 saturated carbocycles. The van der Waals surface area contributed by atoms with Crippen molar-refractivity contribution in [2.24, 2.45) is 0 Å². The number of likely N-dealkylation sites (tertiary alicyclic amines) is 2. The Morgan fingerprint density at radius 1 is 1.21 bits per heavy atom. The maximum atomic E-state index is 12.9. The smallest absolute Gasteiger partial charge is 0.289 e. The van der Waals surface area contributed by atoms with Crippen molar-refractivity contribution in [3.8, 4) is 5.75 Å². The van der Waals surface area contributed by atoms with E-state index in [1.165, 1.54) is 32.4 Å². The molecule has 0 aliphatic carbocycles. The summed E-state index contributed by atoms with van der Waals surface area (Å²) in [6.07, 6.45) is 4.83. The van der Waals surface area contributed by atoms with Gasteiger partial charge in [-0.05, 0) is 50.9 Å². The van der Waals surface area contributed by atoms with E-state index in [0.29, 0.717) is 23.1 Å². The average Bonchev–Trinajstić information content (AvgIpc) is 3.30. The normalized spacial score (nSPS) is 22.2. The molecular weight excluding hydrogens is 304 g/mol. The predicted molar refractivity (Wildman–Crippen MR) is 92.5 cm³/mol. The lowest BCUT2D eigenvalue weighted by Gasteiger charge is -2.37. The Morgan fingerprint density at radius 3 is 2.83 bits per heavy atom. The first-order chi connectivity index (χ1) is 11.8. The van der Waals surface area contributed by atoms with Gasteiger partial charge in [-0.15, -0.1) is 0 Å². The van der Waals surface area contributed by atoms with E-state index in [0.717, 1.165) is 24.9 Å². The predicted octanol–water partition coefficient (Wildman–Crippen LogP) is 3.14. The number of para-hydroxylation sites is 1. The van der Waals surface area contributed by atoms with Crippen molar-refractivity contribution in [3.05, 3.63) is 30.0 Å². The van der Waals surface area contributed by atoms with Gasteiger partial charge in [-0.2, -0.15) is 0 Å². The van der Waals surface area contributed by atoms with Gasteiger partial charge >= 0.3 is 0 Å². The molecule has 2 aliphatic rings. The number of hydrogen-bond donors (Lipinski definition) is 0. The van der Waals surface area contributed by atoms with Gasteiger partial charge in [0.15, 0.2) is 17.1 Å². The molecule has 1 amide bonds. The van der Waals surface area contributed by atoms with Gasteiger partial charge in [0.2, 0.25) is 0 Å². The minimum absolute atomic E-state index is 0.00264. The van der Waals surface area contributed by atoms with Crippen LogP contribution in [-0.4, -0.2) is 55.0 Å². The van der Waals surface area contributed by atoms with Crippen LogP contribution >= 0.6 is 0 Å². The first-order valence-corrected chi connectivity index (χ1v) is 8.86. The lowest BCUT2D eigenvalue weighted by atomic mass is 10.0. The van der Waals surface area contributed by atoms with Gasteiger partial charge in [0.25, 0.3) is 5.91 Å². The quantitative estimate of drug-likeness (QED) is 0.868. The highest BCUT2D eigenvalue weighted by Crippen LogP contribution is 2.30. The van der Waals surface area contributed by atoms with Crippen molar-refractivity contribution in [1.29, 1.82) is 0 Å². The second-order valence-corrected chi connectivity index (χ2v) is 6.78. The van der Waals surface area contributed by atoms with E-state index in [1.807, 2.05) is 29.2 Å². The van der Waals surface area contributed by atoms with Gasteiger partial charge < -0.3 is 14.1 Å². The third kappa shape index (κ3) is 2.77. The molecule has 2 aliphatic heterocycles. The number of piperidine rings is 1. The molecule has 0 N–H and O–H groups in total. The summed E-state index contributed by atoms with van der Waals surface area (Å²) in [5.74, 6) is 1.08. The van der Waals surface area contributed by atoms with Crippen LogP contribution in [0.5, 0.6) is 5.75 Å². The van der Waals surface area contributed by atoms with Gasteiger partial charge in [0.05, 0.1) is 7.11 Å². The number of amides is 1. The summed E-state index contributed by atoms with van der Waals surface area (Å²) in [5.41, 5.74) is 0.649. The molecule has 0 bridgehead atoms. The number of rotatable bonds is 3. The Balaban J connectivity index is 1.54. The molecule has 128 valence electrons. The summed E-state index contributed by atoms with van der Waals surface area (Å²) in [7, 11) is 1.62. The van der Waals surface area contributed by atoms with Crippen LogP contribution < -0.4 is 4.74 Å². The summed E-state index contributed by atoms with van der Waals surface area (Å²) < 4.78 is 11.2. The zero-order valence-corrected chi connectivity index (χ0v) is 14.2. The zero-order valence-electron chi connectivity index (χ0n) is 14.2. The third-order valence-corrected chi connectivity index (χ3v) is 5.28. The van der Waals surface area contributed by atoms with Gasteiger partial charge in [-0.25, -0.2) is 0 Å². The Labute approximate surface area is 142 Å². The minimum Gasteiger partial charge on any atom is -0.493 e. The summed E-state index contributed by atoms with van der Waals surface area (Å²) in [4.78, 5) is 17.4. The van der Waals surface area contributed by atoms with Crippen molar-refractivity contribution < 1.29 is 13.9 Å². The maximum absolute atomic E-state index is 12.9. The Kier molecular flexibility index (Phi) is 4.19. The molecule has 3 heterocycles. The fourth-order valence-corrected chi connectivity index (χ4v) is 4.00. The van der Waals surface area contributed by atoms with Crippen molar-refractivity contribution in [3.63, 3.8) is 0 Å². The molecule has 2 aromatic rings. The SMILES string of the molecule is COc1cccc2cc(C(=O)N3CCCC(N4CCCC4)C3)oc12. The van der Waals surface area contributed by atoms with Gasteiger partial charge in [0, 0.05) is 24.5 Å². The van der Waals surface area contributed by atoms with Gasteiger partial charge in [0.1, 0.15) is 0 Å². The van der Waals surface area contributed by atoms with Crippen LogP contribution in [0.25, 0.3) is 11.0 Å². The number of methoxy groups -OCH3 is 1. The number of carbonyl (C=O) groups is 1. The molecule has 0 spiro atoms. The molecule has 1 aromatic heterocycles. The van der Waals surface area contributed by atoms with E-state index in [4.69, 9.17) is 9.15 Å². The first kappa shape index (κ1) is 15.5. The van der Waals surface area contributed by atoms with Crippen molar-refractivity contribution in [2.45, 2.75) is 31.7 Å². The minimum atomic E-state index is -0.00264. The van der Waals surface area contributed by atoms with E-state index < -0.39 is 0 Å². The van der Waals surface area contributed by atoms with Crippen LogP contribution in [0.3, 0.4) is 0 Å². The lowest BCUT2D eigenvalue weighted by Crippen LogP contribution is -2.48. The van der Waals surface area contributed by atoms with E-state index in [-0.39, 0.29) is 5.91 Å². The molecule has 4 rings (SSSR count). The van der Waals surface area contributed by atoms with Crippen molar-refractivity contribution in [2.75, 3.05) is 33.3 Å². The zero-order chi connectivity index (χ0) is 16.5. The van der Waals surface area contributed by atoms with Crippen LogP contribution in [0.1, 0.15) is 36.2 Å². The van der Waals surface area contributed by atoms with Crippen LogP contribution in [0.2, 0.25) is 0 Å². The number of benzene rings is 1. The molecule has 0 radical (unpaired) electrons. The Bertz CT molecular complexity index is 733. The highest BCUT2D eigenvalue weighted by molar-refractivity contribution is 5.97. The number of carbonyl (C=O) groups excluding carboxylic acids is 1. The molecule has 1 unspecified atom stereocenters. The van der Waals surface area contributed by atoms with E-state index in [9.17, 15) is 4.79 Å². The van der Waals surface area contributed by atoms with E-state index in [2.05, 4.69) is 4.90 Å². The number of hydrogen-bond acceptors (Lipinski definition) is 4. The average molecular weight is 328 g/mol. The molecule has 2 fully saturated rings. The first-order valence-electron chi connectivity index (χ1n) is 8.86. The number of furan rings is 1. The molecular formula is C19H24N2O3. The van der Waals surface area contributed by atoms with Gasteiger partial charge in [-0.3, -0.25) is 9.69 Å². The molecule has 5 nitrogen and oxygen atoms in total. The van der Waals surface area contributed by atoms with E-state index >= 15 is 0 Å². The van der Waals surface area contributed by atoms with Gasteiger partial charge in [-0.1, -0.05) is 12.1 Å². The number of ether oxygens (including phenoxy) is 1. The van der Waals surface area contributed by atoms with Crippen molar-refractivity contribution in [1.82, 2.24) is 9.80 Å². The van der Waals surface area contributed by atoms with Crippen molar-refractivity contribution >= 4 is 16.9 Å². The number of fused-ring (bicyclic) bond motifs is 1. The molecule has 1 aromatic carbocycles. The maximum Gasteiger partial charge on any atom is 0.289 e. The highest BCUT2D eigenvalue weighted by Gasteiger charge is 2.30. The molecule has 5 heteroatoms. The Morgan fingerprint density at radius 2 is 2.04 bits per heavy atom. The van der Waals surface area contributed by atoms with Crippen LogP contribution in [0.15, 0.2) is 28.7 Å². The summed E-state index contributed by atoms with van der Waals surface area (Å²) in [6.45, 7) is 3.98. The third-order valence-electron chi connectivity index (χ3n) is 5.28. The van der Waals surface area contributed by atoms with Crippen LogP contribution in [0.4, 0.5) is 0 Å². The fourth-order valence-electron chi connectivity index (χ4n) is 4.00. The van der Waals surface area contributed by atoms with E-state index in [1.54, 1.807) is 7.11 Å². The fraction of sp³-hybridized carbons (Fsp3) is 0.526. The summed E-state index contributed by atoms with van der Waals surface area (Å²) in [6, 6.07) is 8.05. The molecule has 2 saturated heterocycles. The molecule has 1 atom stereocenters. The standard InChI is InChI=1S/C19H24N2O3/c1-23-16-8-4-6-14-12-17(24-18(14)16)19(22)21-11-5-7-15(13-21)20-9-2-3-10-20/h4,6,8,12,15H,2-3,5,7,9-11,13H2,1H3. The summed E-state index contributed by atoms with van der Waals surface area (Å²) >= 11 is 0. The second-order valence-electron chi connectivity index (χ2n) is 6.78. The largest absolute Gasteiger partial charge is 0.493 e. The molecule has 24 heavy (non-hydrogen) atoms. The second kappa shape index (κ2) is 6.48. The Hall–Kier alpha value is -2.01. The highest BCUT2D eigenvalue weighted by atomic mass is 16.5. The monoisotopic (exact) mass is 328 g/mol. The topological polar surface area (TPSA) is 45.9 Å². The number of nitrogens with zero attached hydrogens (tertiary/aromatic N) is 2. The summed E-state index contributed by atoms with van der Waals surface area (Å²) in [5, 5.41) is 0.908. The van der Waals surface area contributed by atoms with Crippen LogP contribution in [0, 0.1) is 0 Å².